The Balaban J connectivity index is 1.53. The molecule has 0 aliphatic heterocycles. The number of hydrogen-bond donors (Lipinski definition) is 1. The van der Waals surface area contributed by atoms with Gasteiger partial charge in [0.2, 0.25) is 0 Å². The van der Waals surface area contributed by atoms with E-state index in [1.807, 2.05) is 24.3 Å². The molecular formula is C23H22F3NO4. The maximum atomic E-state index is 12.3. The number of ether oxygens (including phenoxy) is 2. The van der Waals surface area contributed by atoms with Crippen LogP contribution in [0.3, 0.4) is 0 Å². The molecule has 0 radical (unpaired) electrons. The Kier molecular flexibility index (Phi) is 6.89. The Bertz CT molecular complexity index is 995. The van der Waals surface area contributed by atoms with Gasteiger partial charge in [0.25, 0.3) is 5.91 Å². The molecule has 1 unspecified atom stereocenters. The van der Waals surface area contributed by atoms with Crippen molar-refractivity contribution < 1.29 is 31.9 Å². The number of benzene rings is 2. The molecule has 1 amide bonds. The summed E-state index contributed by atoms with van der Waals surface area (Å²) in [6.45, 7) is 4.45. The Morgan fingerprint density at radius 1 is 1.00 bits per heavy atom. The lowest BCUT2D eigenvalue weighted by atomic mass is 9.99. The summed E-state index contributed by atoms with van der Waals surface area (Å²) in [4.78, 5) is 12.3. The first kappa shape index (κ1) is 22.3. The molecule has 5 nitrogen and oxygen atoms in total. The number of hydrogen-bond acceptors (Lipinski definition) is 4. The molecule has 0 fully saturated rings. The fourth-order valence-electron chi connectivity index (χ4n) is 2.79. The number of nitrogens with one attached hydrogen (secondary N) is 1. The third-order valence-electron chi connectivity index (χ3n) is 4.67. The van der Waals surface area contributed by atoms with Crippen LogP contribution in [-0.4, -0.2) is 12.3 Å². The molecule has 1 aromatic heterocycles. The fraction of sp³-hybridized carbons (Fsp3) is 0.261. The second-order valence-electron chi connectivity index (χ2n) is 6.96. The lowest BCUT2D eigenvalue weighted by Crippen LogP contribution is -2.17. The van der Waals surface area contributed by atoms with E-state index in [9.17, 15) is 18.0 Å². The first-order chi connectivity index (χ1) is 14.7. The Morgan fingerprint density at radius 3 is 2.26 bits per heavy atom. The van der Waals surface area contributed by atoms with Crippen LogP contribution in [0.4, 0.5) is 18.9 Å². The zero-order valence-corrected chi connectivity index (χ0v) is 17.0. The molecule has 0 saturated heterocycles. The average Bonchev–Trinajstić information content (AvgIpc) is 3.22. The molecular weight excluding hydrogens is 411 g/mol. The summed E-state index contributed by atoms with van der Waals surface area (Å²) in [6.07, 6.45) is -3.71. The van der Waals surface area contributed by atoms with Crippen LogP contribution in [0.1, 0.15) is 48.1 Å². The molecule has 31 heavy (non-hydrogen) atoms. The van der Waals surface area contributed by atoms with E-state index < -0.39 is 12.3 Å². The van der Waals surface area contributed by atoms with Crippen LogP contribution in [0.2, 0.25) is 0 Å². The molecule has 1 atom stereocenters. The van der Waals surface area contributed by atoms with Crippen LogP contribution in [0, 0.1) is 0 Å². The summed E-state index contributed by atoms with van der Waals surface area (Å²) in [5, 5.41) is 2.55. The van der Waals surface area contributed by atoms with Crippen molar-refractivity contribution in [1.29, 1.82) is 0 Å². The summed E-state index contributed by atoms with van der Waals surface area (Å²) in [6, 6.07) is 15.8. The molecule has 2 aromatic carbocycles. The topological polar surface area (TPSA) is 60.7 Å². The van der Waals surface area contributed by atoms with Crippen molar-refractivity contribution in [3.05, 3.63) is 77.7 Å². The lowest BCUT2D eigenvalue weighted by Gasteiger charge is -2.10. The predicted octanol–water partition coefficient (Wildman–Crippen LogP) is 6.52. The first-order valence-electron chi connectivity index (χ1n) is 9.72. The Hall–Kier alpha value is -3.42. The maximum absolute atomic E-state index is 12.3. The van der Waals surface area contributed by atoms with Crippen molar-refractivity contribution in [2.45, 2.75) is 39.2 Å². The van der Waals surface area contributed by atoms with Crippen molar-refractivity contribution in [2.24, 2.45) is 0 Å². The zero-order valence-electron chi connectivity index (χ0n) is 17.0. The number of anilines is 1. The highest BCUT2D eigenvalue weighted by Crippen LogP contribution is 2.25. The van der Waals surface area contributed by atoms with E-state index in [-0.39, 0.29) is 18.1 Å². The highest BCUT2D eigenvalue weighted by Gasteiger charge is 2.31. The van der Waals surface area contributed by atoms with Gasteiger partial charge in [0.1, 0.15) is 23.9 Å². The van der Waals surface area contributed by atoms with E-state index in [2.05, 4.69) is 23.9 Å². The Labute approximate surface area is 177 Å². The molecule has 0 bridgehead atoms. The van der Waals surface area contributed by atoms with Gasteiger partial charge >= 0.3 is 6.36 Å². The van der Waals surface area contributed by atoms with Crippen LogP contribution >= 0.6 is 0 Å². The summed E-state index contributed by atoms with van der Waals surface area (Å²) in [7, 11) is 0. The van der Waals surface area contributed by atoms with Gasteiger partial charge in [0.15, 0.2) is 5.76 Å². The minimum absolute atomic E-state index is 0.0568. The molecule has 0 aliphatic carbocycles. The van der Waals surface area contributed by atoms with Gasteiger partial charge in [0.05, 0.1) is 0 Å². The van der Waals surface area contributed by atoms with Crippen molar-refractivity contribution in [1.82, 2.24) is 0 Å². The number of carbonyl (C=O) groups is 1. The summed E-state index contributed by atoms with van der Waals surface area (Å²) in [5.41, 5.74) is 1.54. The molecule has 1 heterocycles. The van der Waals surface area contributed by atoms with Crippen molar-refractivity contribution in [3.63, 3.8) is 0 Å². The van der Waals surface area contributed by atoms with Gasteiger partial charge in [-0.05, 0) is 66.4 Å². The smallest absolute Gasteiger partial charge is 0.486 e. The Morgan fingerprint density at radius 2 is 1.65 bits per heavy atom. The predicted molar refractivity (Wildman–Crippen MR) is 109 cm³/mol. The summed E-state index contributed by atoms with van der Waals surface area (Å²) in [5.74, 6) is 0.782. The minimum Gasteiger partial charge on any atom is -0.486 e. The van der Waals surface area contributed by atoms with E-state index in [1.165, 1.54) is 23.8 Å². The van der Waals surface area contributed by atoms with Gasteiger partial charge in [-0.15, -0.1) is 13.2 Å². The normalized spacial score (nSPS) is 12.3. The average molecular weight is 433 g/mol. The highest BCUT2D eigenvalue weighted by atomic mass is 19.4. The number of furan rings is 1. The standard InChI is InChI=1S/C23H22F3NO4/c1-3-15(2)16-4-8-18(9-5-16)29-14-20-12-13-21(30-20)22(28)27-17-6-10-19(11-7-17)31-23(24,25)26/h4-13,15H,3,14H2,1-2H3,(H,27,28). The van der Waals surface area contributed by atoms with Crippen LogP contribution in [0.25, 0.3) is 0 Å². The number of rotatable bonds is 8. The molecule has 164 valence electrons. The molecule has 3 rings (SSSR count). The van der Waals surface area contributed by atoms with Gasteiger partial charge in [-0.3, -0.25) is 4.79 Å². The van der Waals surface area contributed by atoms with Gasteiger partial charge in [-0.2, -0.15) is 0 Å². The van der Waals surface area contributed by atoms with E-state index in [0.29, 0.717) is 23.1 Å². The number of halogens is 3. The van der Waals surface area contributed by atoms with E-state index in [1.54, 1.807) is 6.07 Å². The number of carbonyl (C=O) groups excluding carboxylic acids is 1. The second kappa shape index (κ2) is 9.59. The van der Waals surface area contributed by atoms with Crippen molar-refractivity contribution in [2.75, 3.05) is 5.32 Å². The molecule has 3 aromatic rings. The first-order valence-corrected chi connectivity index (χ1v) is 9.72. The zero-order chi connectivity index (χ0) is 22.4. The second-order valence-corrected chi connectivity index (χ2v) is 6.96. The quantitative estimate of drug-likeness (QED) is 0.439. The van der Waals surface area contributed by atoms with Crippen LogP contribution in [0.5, 0.6) is 11.5 Å². The number of alkyl halides is 3. The highest BCUT2D eigenvalue weighted by molar-refractivity contribution is 6.02. The van der Waals surface area contributed by atoms with E-state index >= 15 is 0 Å². The lowest BCUT2D eigenvalue weighted by molar-refractivity contribution is -0.274. The fourth-order valence-corrected chi connectivity index (χ4v) is 2.79. The van der Waals surface area contributed by atoms with Crippen LogP contribution < -0.4 is 14.8 Å². The van der Waals surface area contributed by atoms with Gasteiger partial charge < -0.3 is 19.2 Å². The molecule has 8 heteroatoms. The monoisotopic (exact) mass is 433 g/mol. The third-order valence-corrected chi connectivity index (χ3v) is 4.67. The van der Waals surface area contributed by atoms with E-state index in [0.717, 1.165) is 18.6 Å². The maximum Gasteiger partial charge on any atom is 0.573 e. The number of amides is 1. The molecule has 0 aliphatic rings. The van der Waals surface area contributed by atoms with Gasteiger partial charge in [0, 0.05) is 5.69 Å². The van der Waals surface area contributed by atoms with E-state index in [4.69, 9.17) is 9.15 Å². The molecule has 0 saturated carbocycles. The van der Waals surface area contributed by atoms with Crippen LogP contribution in [0.15, 0.2) is 65.1 Å². The van der Waals surface area contributed by atoms with Crippen molar-refractivity contribution >= 4 is 11.6 Å². The van der Waals surface area contributed by atoms with Crippen molar-refractivity contribution in [3.8, 4) is 11.5 Å². The SMILES string of the molecule is CCC(C)c1ccc(OCc2ccc(C(=O)Nc3ccc(OC(F)(F)F)cc3)o2)cc1. The van der Waals surface area contributed by atoms with Gasteiger partial charge in [-0.1, -0.05) is 26.0 Å². The molecule has 1 N–H and O–H groups in total. The summed E-state index contributed by atoms with van der Waals surface area (Å²) < 4.78 is 51.6. The largest absolute Gasteiger partial charge is 0.573 e. The molecule has 0 spiro atoms. The third kappa shape index (κ3) is 6.53. The van der Waals surface area contributed by atoms with Gasteiger partial charge in [-0.25, -0.2) is 0 Å². The van der Waals surface area contributed by atoms with Crippen LogP contribution in [-0.2, 0) is 6.61 Å². The summed E-state index contributed by atoms with van der Waals surface area (Å²) >= 11 is 0. The minimum atomic E-state index is -4.77.